The van der Waals surface area contributed by atoms with Gasteiger partial charge in [0.05, 0.1) is 52.9 Å². The highest BCUT2D eigenvalue weighted by Crippen LogP contribution is 2.26. The van der Waals surface area contributed by atoms with E-state index in [1.807, 2.05) is 38.1 Å². The number of sulfone groups is 1. The smallest absolute Gasteiger partial charge is 0.251 e. The van der Waals surface area contributed by atoms with E-state index in [0.29, 0.717) is 41.3 Å². The van der Waals surface area contributed by atoms with Crippen LogP contribution in [0.4, 0.5) is 5.82 Å². The first-order valence-corrected chi connectivity index (χ1v) is 15.3. The quantitative estimate of drug-likeness (QED) is 0.340. The zero-order valence-corrected chi connectivity index (χ0v) is 24.3. The number of carbonyl (C=O) groups excluding carboxylic acids is 1. The Morgan fingerprint density at radius 1 is 1.05 bits per heavy atom. The molecule has 0 aliphatic carbocycles. The number of pyridine rings is 3. The molecule has 10 nitrogen and oxygen atoms in total. The van der Waals surface area contributed by atoms with Gasteiger partial charge in [-0.3, -0.25) is 9.78 Å². The average Bonchev–Trinajstić information content (AvgIpc) is 2.94. The van der Waals surface area contributed by atoms with Gasteiger partial charge in [0, 0.05) is 36.5 Å². The van der Waals surface area contributed by atoms with Crippen molar-refractivity contribution in [1.29, 1.82) is 0 Å². The molecule has 0 spiro atoms. The van der Waals surface area contributed by atoms with E-state index in [4.69, 9.17) is 14.7 Å². The first-order chi connectivity index (χ1) is 19.5. The van der Waals surface area contributed by atoms with Crippen molar-refractivity contribution < 1.29 is 23.1 Å². The maximum absolute atomic E-state index is 12.8. The van der Waals surface area contributed by atoms with Gasteiger partial charge in [-0.15, -0.1) is 0 Å². The Labute approximate surface area is 239 Å². The monoisotopic (exact) mass is 575 g/mol. The van der Waals surface area contributed by atoms with Crippen molar-refractivity contribution >= 4 is 32.5 Å². The van der Waals surface area contributed by atoms with E-state index >= 15 is 0 Å². The molecule has 1 aromatic carbocycles. The largest absolute Gasteiger partial charge is 0.392 e. The fourth-order valence-corrected chi connectivity index (χ4v) is 6.03. The molecule has 5 rings (SSSR count). The molecular formula is C30H33N5O5S. The predicted octanol–water partition coefficient (Wildman–Crippen LogP) is 3.44. The highest BCUT2D eigenvalue weighted by atomic mass is 32.2. The van der Waals surface area contributed by atoms with Crippen LogP contribution >= 0.6 is 0 Å². The average molecular weight is 576 g/mol. The van der Waals surface area contributed by atoms with Gasteiger partial charge in [-0.1, -0.05) is 6.07 Å². The molecule has 0 bridgehead atoms. The van der Waals surface area contributed by atoms with Gasteiger partial charge in [-0.05, 0) is 74.4 Å². The molecule has 1 aliphatic rings. The second-order valence-electron chi connectivity index (χ2n) is 10.5. The van der Waals surface area contributed by atoms with Gasteiger partial charge in [-0.25, -0.2) is 18.4 Å². The number of morpholine rings is 1. The number of hydrogen-bond acceptors (Lipinski definition) is 9. The number of amides is 1. The maximum Gasteiger partial charge on any atom is 0.251 e. The molecule has 4 aromatic rings. The third kappa shape index (κ3) is 6.53. The van der Waals surface area contributed by atoms with Gasteiger partial charge >= 0.3 is 0 Å². The van der Waals surface area contributed by atoms with Gasteiger partial charge < -0.3 is 20.1 Å². The molecular weight excluding hydrogens is 542 g/mol. The summed E-state index contributed by atoms with van der Waals surface area (Å²) in [5.74, 6) is 0.367. The summed E-state index contributed by atoms with van der Waals surface area (Å²) in [5.41, 5.74) is 4.16. The summed E-state index contributed by atoms with van der Waals surface area (Å²) >= 11 is 0. The summed E-state index contributed by atoms with van der Waals surface area (Å²) in [6, 6.07) is 13.9. The summed E-state index contributed by atoms with van der Waals surface area (Å²) in [6.07, 6.45) is 2.96. The topological polar surface area (TPSA) is 135 Å². The first kappa shape index (κ1) is 28.6. The van der Waals surface area contributed by atoms with E-state index in [1.54, 1.807) is 31.3 Å². The lowest BCUT2D eigenvalue weighted by Crippen LogP contribution is -2.45. The molecule has 0 unspecified atom stereocenters. The lowest BCUT2D eigenvalue weighted by Gasteiger charge is -2.36. The number of benzene rings is 1. The number of rotatable bonds is 7. The van der Waals surface area contributed by atoms with Crippen LogP contribution in [0.3, 0.4) is 0 Å². The molecule has 1 fully saturated rings. The molecule has 1 aliphatic heterocycles. The Hall–Kier alpha value is -3.93. The predicted molar refractivity (Wildman–Crippen MR) is 156 cm³/mol. The fourth-order valence-electron chi connectivity index (χ4n) is 5.03. The molecule has 3 aromatic heterocycles. The fraction of sp³-hybridized carbons (Fsp3) is 0.333. The van der Waals surface area contributed by atoms with E-state index in [9.17, 15) is 18.3 Å². The second kappa shape index (κ2) is 11.5. The molecule has 0 saturated carbocycles. The summed E-state index contributed by atoms with van der Waals surface area (Å²) in [6.45, 7) is 7.19. The lowest BCUT2D eigenvalue weighted by atomic mass is 10.1. The van der Waals surface area contributed by atoms with Crippen LogP contribution in [0.15, 0.2) is 59.6 Å². The number of aliphatic hydroxyl groups is 1. The van der Waals surface area contributed by atoms with Gasteiger partial charge in [-0.2, -0.15) is 0 Å². The summed E-state index contributed by atoms with van der Waals surface area (Å²) in [5, 5.41) is 13.6. The molecule has 41 heavy (non-hydrogen) atoms. The maximum atomic E-state index is 12.8. The van der Waals surface area contributed by atoms with Crippen molar-refractivity contribution in [1.82, 2.24) is 20.3 Å². The van der Waals surface area contributed by atoms with Crippen LogP contribution in [-0.4, -0.2) is 65.9 Å². The Morgan fingerprint density at radius 2 is 1.80 bits per heavy atom. The molecule has 11 heteroatoms. The molecule has 0 radical (unpaired) electrons. The van der Waals surface area contributed by atoms with Gasteiger partial charge in [0.25, 0.3) is 5.91 Å². The Balaban J connectivity index is 1.38. The summed E-state index contributed by atoms with van der Waals surface area (Å²) in [7, 11) is -3.45. The number of nitrogens with zero attached hydrogens (tertiary/aromatic N) is 4. The zero-order chi connectivity index (χ0) is 29.3. The number of aryl methyl sites for hydroxylation is 1. The minimum absolute atomic E-state index is 0.0692. The normalized spacial score (nSPS) is 17.5. The Bertz CT molecular complexity index is 1720. The number of anilines is 1. The van der Waals surface area contributed by atoms with E-state index in [-0.39, 0.29) is 35.8 Å². The number of aromatic nitrogens is 3. The Kier molecular flexibility index (Phi) is 8.03. The van der Waals surface area contributed by atoms with Crippen molar-refractivity contribution in [3.05, 3.63) is 77.1 Å². The third-order valence-corrected chi connectivity index (χ3v) is 8.21. The van der Waals surface area contributed by atoms with Crippen molar-refractivity contribution in [3.63, 3.8) is 0 Å². The number of carbonyl (C=O) groups is 1. The number of hydrogen-bond donors (Lipinski definition) is 2. The molecule has 214 valence electrons. The molecule has 4 heterocycles. The molecule has 2 atom stereocenters. The molecule has 2 N–H and O–H groups in total. The van der Waals surface area contributed by atoms with E-state index in [1.165, 1.54) is 6.07 Å². The summed E-state index contributed by atoms with van der Waals surface area (Å²) in [4.78, 5) is 29.2. The minimum Gasteiger partial charge on any atom is -0.392 e. The van der Waals surface area contributed by atoms with Crippen molar-refractivity contribution in [2.45, 2.75) is 51.0 Å². The SMILES string of the molecule is Cc1ccc(C(=O)NCc2cc3nc(-c4cc(CO)cc(N5C[C@@H](C)O[C@@H](C)C5)n4)ccc3cn2)cc1S(C)(=O)=O. The number of aliphatic hydroxyl groups excluding tert-OH is 1. The van der Waals surface area contributed by atoms with E-state index in [0.717, 1.165) is 23.0 Å². The van der Waals surface area contributed by atoms with Gasteiger partial charge in [0.15, 0.2) is 9.84 Å². The van der Waals surface area contributed by atoms with Gasteiger partial charge in [0.2, 0.25) is 0 Å². The Morgan fingerprint density at radius 3 is 2.51 bits per heavy atom. The van der Waals surface area contributed by atoms with Gasteiger partial charge in [0.1, 0.15) is 5.82 Å². The van der Waals surface area contributed by atoms with Crippen LogP contribution in [0.5, 0.6) is 0 Å². The van der Waals surface area contributed by atoms with Crippen molar-refractivity contribution in [2.24, 2.45) is 0 Å². The zero-order valence-electron chi connectivity index (χ0n) is 23.5. The van der Waals surface area contributed by atoms with Crippen molar-refractivity contribution in [2.75, 3.05) is 24.2 Å². The minimum atomic E-state index is -3.45. The van der Waals surface area contributed by atoms with Crippen LogP contribution in [0.25, 0.3) is 22.3 Å². The highest BCUT2D eigenvalue weighted by molar-refractivity contribution is 7.90. The second-order valence-corrected chi connectivity index (χ2v) is 12.5. The highest BCUT2D eigenvalue weighted by Gasteiger charge is 2.24. The van der Waals surface area contributed by atoms with Crippen LogP contribution in [0.1, 0.15) is 41.0 Å². The van der Waals surface area contributed by atoms with Crippen LogP contribution in [0, 0.1) is 6.92 Å². The van der Waals surface area contributed by atoms with Crippen molar-refractivity contribution in [3.8, 4) is 11.4 Å². The van der Waals surface area contributed by atoms with Crippen LogP contribution in [0.2, 0.25) is 0 Å². The third-order valence-electron chi connectivity index (χ3n) is 6.97. The first-order valence-electron chi connectivity index (χ1n) is 13.4. The number of nitrogens with one attached hydrogen (secondary N) is 1. The summed E-state index contributed by atoms with van der Waals surface area (Å²) < 4.78 is 30.0. The standard InChI is InChI=1S/C30H33N5O5S/c1-18-5-6-22(11-28(18)41(4,38)39)30(37)32-14-24-12-26-23(13-31-24)7-8-25(33-26)27-9-21(17-36)10-29(34-27)35-15-19(2)40-20(3)16-35/h5-13,19-20,36H,14-17H2,1-4H3,(H,32,37)/t19-,20+. The van der Waals surface area contributed by atoms with Crippen LogP contribution < -0.4 is 10.2 Å². The lowest BCUT2D eigenvalue weighted by molar-refractivity contribution is -0.00546. The van der Waals surface area contributed by atoms with Crippen LogP contribution in [-0.2, 0) is 27.7 Å². The molecule has 1 saturated heterocycles. The molecule has 1 amide bonds. The number of fused-ring (bicyclic) bond motifs is 1. The van der Waals surface area contributed by atoms with E-state index < -0.39 is 15.7 Å². The van der Waals surface area contributed by atoms with E-state index in [2.05, 4.69) is 15.2 Å². The number of ether oxygens (including phenoxy) is 1.